The third kappa shape index (κ3) is 3.16. The number of rotatable bonds is 2. The van der Waals surface area contributed by atoms with Crippen molar-refractivity contribution in [2.24, 2.45) is 4.99 Å². The van der Waals surface area contributed by atoms with Gasteiger partial charge in [0.1, 0.15) is 0 Å². The van der Waals surface area contributed by atoms with Crippen molar-refractivity contribution in [3.05, 3.63) is 6.92 Å². The standard InChI is InChI=1S/C5H8NO/c1-3-4-5(7)6-2/h1-4H2. The summed E-state index contributed by atoms with van der Waals surface area (Å²) in [6.45, 7) is 6.52. The van der Waals surface area contributed by atoms with E-state index in [1.807, 2.05) is 0 Å². The molecular formula is C5H8NO. The molecule has 0 aromatic carbocycles. The second-order valence-corrected chi connectivity index (χ2v) is 1.16. The molecule has 0 unspecified atom stereocenters. The molecule has 0 N–H and O–H groups in total. The van der Waals surface area contributed by atoms with E-state index < -0.39 is 0 Å². The van der Waals surface area contributed by atoms with Crippen molar-refractivity contribution in [3.63, 3.8) is 0 Å². The molecule has 1 amide bonds. The van der Waals surface area contributed by atoms with Crippen LogP contribution in [0.5, 0.6) is 0 Å². The quantitative estimate of drug-likeness (QED) is 0.470. The highest BCUT2D eigenvalue weighted by atomic mass is 16.1. The Hall–Kier alpha value is -0.660. The average Bonchev–Trinajstić information content (AvgIpc) is 1.68. The fraction of sp³-hybridized carbons (Fsp3) is 0.400. The number of carbonyl (C=O) groups excluding carboxylic acids is 1. The molecule has 0 bridgehead atoms. The molecule has 0 rings (SSSR count). The zero-order valence-electron chi connectivity index (χ0n) is 4.18. The molecule has 0 heterocycles. The summed E-state index contributed by atoms with van der Waals surface area (Å²) in [7, 11) is 0. The van der Waals surface area contributed by atoms with Gasteiger partial charge in [-0.25, -0.2) is 4.99 Å². The Morgan fingerprint density at radius 3 is 2.43 bits per heavy atom. The van der Waals surface area contributed by atoms with E-state index in [9.17, 15) is 4.79 Å². The Balaban J connectivity index is 3.17. The maximum Gasteiger partial charge on any atom is 0.245 e. The Labute approximate surface area is 43.3 Å². The predicted molar refractivity (Wildman–Crippen MR) is 29.1 cm³/mol. The van der Waals surface area contributed by atoms with E-state index in [0.29, 0.717) is 12.8 Å². The van der Waals surface area contributed by atoms with Crippen LogP contribution in [0.15, 0.2) is 4.99 Å². The highest BCUT2D eigenvalue weighted by molar-refractivity contribution is 5.80. The maximum atomic E-state index is 10.1. The van der Waals surface area contributed by atoms with Gasteiger partial charge in [-0.1, -0.05) is 6.92 Å². The lowest BCUT2D eigenvalue weighted by molar-refractivity contribution is -0.117. The minimum Gasteiger partial charge on any atom is -0.273 e. The fourth-order valence-corrected chi connectivity index (χ4v) is 0.230. The van der Waals surface area contributed by atoms with Crippen molar-refractivity contribution in [1.82, 2.24) is 0 Å². The van der Waals surface area contributed by atoms with Crippen molar-refractivity contribution < 1.29 is 4.79 Å². The molecule has 0 aromatic rings. The Kier molecular flexibility index (Phi) is 3.19. The van der Waals surface area contributed by atoms with E-state index in [0.717, 1.165) is 0 Å². The van der Waals surface area contributed by atoms with Crippen molar-refractivity contribution in [1.29, 1.82) is 0 Å². The summed E-state index contributed by atoms with van der Waals surface area (Å²) in [6.07, 6.45) is 1.03. The van der Waals surface area contributed by atoms with Crippen LogP contribution in [0.1, 0.15) is 12.8 Å². The number of hydrogen-bond acceptors (Lipinski definition) is 1. The van der Waals surface area contributed by atoms with Crippen LogP contribution in [0.2, 0.25) is 0 Å². The largest absolute Gasteiger partial charge is 0.273 e. The third-order valence-corrected chi connectivity index (χ3v) is 0.567. The average molecular weight is 98.1 g/mol. The first-order chi connectivity index (χ1) is 3.31. The summed E-state index contributed by atoms with van der Waals surface area (Å²) in [5.74, 6) is -0.171. The normalized spacial score (nSPS) is 8.14. The summed E-state index contributed by atoms with van der Waals surface area (Å²) in [4.78, 5) is 13.3. The van der Waals surface area contributed by atoms with E-state index in [4.69, 9.17) is 0 Å². The molecule has 0 saturated carbocycles. The first kappa shape index (κ1) is 6.34. The van der Waals surface area contributed by atoms with Crippen LogP contribution in [-0.4, -0.2) is 12.6 Å². The predicted octanol–water partition coefficient (Wildman–Crippen LogP) is 0.828. The van der Waals surface area contributed by atoms with Crippen molar-refractivity contribution in [2.45, 2.75) is 12.8 Å². The topological polar surface area (TPSA) is 29.4 Å². The van der Waals surface area contributed by atoms with Gasteiger partial charge in [-0.05, 0) is 13.1 Å². The Morgan fingerprint density at radius 1 is 1.71 bits per heavy atom. The summed E-state index contributed by atoms with van der Waals surface area (Å²) >= 11 is 0. The van der Waals surface area contributed by atoms with Gasteiger partial charge in [-0.2, -0.15) is 0 Å². The lowest BCUT2D eigenvalue weighted by atomic mass is 10.3. The lowest BCUT2D eigenvalue weighted by Crippen LogP contribution is -1.88. The molecule has 1 radical (unpaired) electrons. The molecule has 0 atom stereocenters. The molecule has 0 fully saturated rings. The summed E-state index contributed by atoms with van der Waals surface area (Å²) in [5, 5.41) is 0. The number of hydrogen-bond donors (Lipinski definition) is 0. The van der Waals surface area contributed by atoms with Crippen LogP contribution >= 0.6 is 0 Å². The van der Waals surface area contributed by atoms with Crippen LogP contribution < -0.4 is 0 Å². The molecule has 2 heteroatoms. The van der Waals surface area contributed by atoms with Gasteiger partial charge in [0.2, 0.25) is 5.91 Å². The molecule has 39 valence electrons. The molecular weight excluding hydrogens is 90.1 g/mol. The van der Waals surface area contributed by atoms with Crippen LogP contribution in [0, 0.1) is 6.92 Å². The molecule has 7 heavy (non-hydrogen) atoms. The van der Waals surface area contributed by atoms with Gasteiger partial charge >= 0.3 is 0 Å². The zero-order valence-corrected chi connectivity index (χ0v) is 4.18. The van der Waals surface area contributed by atoms with E-state index in [1.165, 1.54) is 0 Å². The summed E-state index contributed by atoms with van der Waals surface area (Å²) in [6, 6.07) is 0. The number of amides is 1. The molecule has 0 saturated heterocycles. The van der Waals surface area contributed by atoms with E-state index in [2.05, 4.69) is 18.6 Å². The third-order valence-electron chi connectivity index (χ3n) is 0.567. The maximum absolute atomic E-state index is 10.1. The van der Waals surface area contributed by atoms with Crippen molar-refractivity contribution >= 4 is 12.6 Å². The lowest BCUT2D eigenvalue weighted by Gasteiger charge is -1.82. The van der Waals surface area contributed by atoms with Gasteiger partial charge in [0.15, 0.2) is 0 Å². The first-order valence-electron chi connectivity index (χ1n) is 2.10. The van der Waals surface area contributed by atoms with Gasteiger partial charge < -0.3 is 0 Å². The highest BCUT2D eigenvalue weighted by Crippen LogP contribution is 1.86. The molecule has 2 nitrogen and oxygen atoms in total. The van der Waals surface area contributed by atoms with Crippen molar-refractivity contribution in [2.75, 3.05) is 0 Å². The molecule has 0 aliphatic carbocycles. The zero-order chi connectivity index (χ0) is 5.70. The molecule has 0 spiro atoms. The van der Waals surface area contributed by atoms with Gasteiger partial charge in [0.05, 0.1) is 0 Å². The van der Waals surface area contributed by atoms with Crippen LogP contribution in [0.25, 0.3) is 0 Å². The van der Waals surface area contributed by atoms with Gasteiger partial charge in [0.25, 0.3) is 0 Å². The number of aliphatic imine (C=N–C) groups is 1. The van der Waals surface area contributed by atoms with E-state index in [-0.39, 0.29) is 5.91 Å². The van der Waals surface area contributed by atoms with Crippen LogP contribution in [0.3, 0.4) is 0 Å². The van der Waals surface area contributed by atoms with Gasteiger partial charge in [-0.3, -0.25) is 4.79 Å². The minimum absolute atomic E-state index is 0.171. The molecule has 0 aliphatic rings. The Bertz CT molecular complexity index is 78.1. The summed E-state index contributed by atoms with van der Waals surface area (Å²) < 4.78 is 0. The monoisotopic (exact) mass is 98.1 g/mol. The van der Waals surface area contributed by atoms with E-state index in [1.54, 1.807) is 0 Å². The number of carbonyl (C=O) groups is 1. The van der Waals surface area contributed by atoms with Gasteiger partial charge in [-0.15, -0.1) is 0 Å². The second kappa shape index (κ2) is 3.53. The SMILES string of the molecule is [CH2]CCC(=O)N=C. The first-order valence-corrected chi connectivity index (χ1v) is 2.10. The van der Waals surface area contributed by atoms with E-state index >= 15 is 0 Å². The highest BCUT2D eigenvalue weighted by Gasteiger charge is 1.89. The van der Waals surface area contributed by atoms with Crippen molar-refractivity contribution in [3.8, 4) is 0 Å². The molecule has 0 aliphatic heterocycles. The van der Waals surface area contributed by atoms with Gasteiger partial charge in [0, 0.05) is 6.42 Å². The van der Waals surface area contributed by atoms with Crippen LogP contribution in [0.4, 0.5) is 0 Å². The van der Waals surface area contributed by atoms with Crippen LogP contribution in [-0.2, 0) is 4.79 Å². The fourth-order valence-electron chi connectivity index (χ4n) is 0.230. The smallest absolute Gasteiger partial charge is 0.245 e. The summed E-state index contributed by atoms with van der Waals surface area (Å²) in [5.41, 5.74) is 0. The minimum atomic E-state index is -0.171. The molecule has 0 aromatic heterocycles. The second-order valence-electron chi connectivity index (χ2n) is 1.16. The Morgan fingerprint density at radius 2 is 2.29 bits per heavy atom. The number of nitrogens with zero attached hydrogens (tertiary/aromatic N) is 1.